The second kappa shape index (κ2) is 3.71. The van der Waals surface area contributed by atoms with Crippen molar-refractivity contribution in [3.8, 4) is 11.3 Å². The summed E-state index contributed by atoms with van der Waals surface area (Å²) in [4.78, 5) is 0. The van der Waals surface area contributed by atoms with Gasteiger partial charge >= 0.3 is 10.2 Å². The molecular weight excluding hydrogens is 238 g/mol. The van der Waals surface area contributed by atoms with Gasteiger partial charge in [0.15, 0.2) is 0 Å². The zero-order chi connectivity index (χ0) is 11.8. The Hall–Kier alpha value is -1.69. The van der Waals surface area contributed by atoms with Gasteiger partial charge in [0.25, 0.3) is 0 Å². The first-order valence-corrected chi connectivity index (χ1v) is 5.65. The van der Waals surface area contributed by atoms with Crippen LogP contribution in [0.25, 0.3) is 11.3 Å². The summed E-state index contributed by atoms with van der Waals surface area (Å²) in [6.45, 7) is 0. The van der Waals surface area contributed by atoms with Gasteiger partial charge in [-0.25, -0.2) is 4.39 Å². The van der Waals surface area contributed by atoms with Crippen molar-refractivity contribution in [2.75, 3.05) is 0 Å². The van der Waals surface area contributed by atoms with Gasteiger partial charge in [-0.15, -0.1) is 0 Å². The lowest BCUT2D eigenvalue weighted by Gasteiger charge is -1.95. The van der Waals surface area contributed by atoms with Crippen LogP contribution in [0.5, 0.6) is 0 Å². The van der Waals surface area contributed by atoms with E-state index in [-0.39, 0.29) is 5.76 Å². The Morgan fingerprint density at radius 2 is 1.62 bits per heavy atom. The van der Waals surface area contributed by atoms with Crippen molar-refractivity contribution >= 4 is 10.2 Å². The molecule has 6 heteroatoms. The summed E-state index contributed by atoms with van der Waals surface area (Å²) in [6, 6.07) is 7.52. The Labute approximate surface area is 90.5 Å². The Balaban J connectivity index is 2.43. The van der Waals surface area contributed by atoms with Crippen LogP contribution < -0.4 is 0 Å². The third-order valence-corrected chi connectivity index (χ3v) is 2.65. The summed E-state index contributed by atoms with van der Waals surface area (Å²) in [5, 5.41) is -0.758. The Morgan fingerprint density at radius 1 is 1.00 bits per heavy atom. The monoisotopic (exact) mass is 244 g/mol. The van der Waals surface area contributed by atoms with Gasteiger partial charge in [0.05, 0.1) is 0 Å². The van der Waals surface area contributed by atoms with Crippen molar-refractivity contribution in [3.05, 3.63) is 42.2 Å². The van der Waals surface area contributed by atoms with Crippen LogP contribution in [0.3, 0.4) is 0 Å². The van der Waals surface area contributed by atoms with Crippen molar-refractivity contribution in [2.45, 2.75) is 5.09 Å². The van der Waals surface area contributed by atoms with Crippen LogP contribution in [0.15, 0.2) is 45.9 Å². The minimum atomic E-state index is -4.84. The molecule has 0 amide bonds. The molecule has 0 spiro atoms. The van der Waals surface area contributed by atoms with Crippen LogP contribution in [0, 0.1) is 5.82 Å². The van der Waals surface area contributed by atoms with Gasteiger partial charge in [-0.05, 0) is 36.4 Å². The first-order valence-electron chi connectivity index (χ1n) is 4.27. The molecule has 0 fully saturated rings. The van der Waals surface area contributed by atoms with E-state index in [1.54, 1.807) is 0 Å². The minimum absolute atomic E-state index is 0.163. The van der Waals surface area contributed by atoms with Gasteiger partial charge < -0.3 is 4.42 Å². The number of benzene rings is 1. The normalized spacial score (nSPS) is 11.6. The summed E-state index contributed by atoms with van der Waals surface area (Å²) in [7, 11) is -4.84. The highest BCUT2D eigenvalue weighted by atomic mass is 32.3. The molecule has 16 heavy (non-hydrogen) atoms. The van der Waals surface area contributed by atoms with Crippen molar-refractivity contribution in [2.24, 2.45) is 0 Å². The molecule has 0 bridgehead atoms. The zero-order valence-electron chi connectivity index (χ0n) is 7.85. The predicted octanol–water partition coefficient (Wildman–Crippen LogP) is 2.74. The molecule has 3 nitrogen and oxygen atoms in total. The largest absolute Gasteiger partial charge is 0.442 e. The first kappa shape index (κ1) is 10.8. The molecule has 0 saturated heterocycles. The van der Waals surface area contributed by atoms with Gasteiger partial charge in [0.1, 0.15) is 11.6 Å². The second-order valence-electron chi connectivity index (χ2n) is 3.06. The lowest BCUT2D eigenvalue weighted by Crippen LogP contribution is -1.87. The maximum atomic E-state index is 12.6. The highest BCUT2D eigenvalue weighted by Crippen LogP contribution is 2.25. The molecule has 0 unspecified atom stereocenters. The molecule has 0 aliphatic rings. The van der Waals surface area contributed by atoms with Gasteiger partial charge in [0, 0.05) is 5.56 Å². The summed E-state index contributed by atoms with van der Waals surface area (Å²) < 4.78 is 51.0. The molecule has 0 atom stereocenters. The van der Waals surface area contributed by atoms with E-state index < -0.39 is 21.1 Å². The van der Waals surface area contributed by atoms with E-state index in [1.807, 2.05) is 0 Å². The smallest absolute Gasteiger partial charge is 0.365 e. The van der Waals surface area contributed by atoms with Crippen LogP contribution in [0.2, 0.25) is 0 Å². The molecule has 1 heterocycles. The molecule has 0 saturated carbocycles. The van der Waals surface area contributed by atoms with Crippen molar-refractivity contribution in [3.63, 3.8) is 0 Å². The van der Waals surface area contributed by atoms with Crippen LogP contribution >= 0.6 is 0 Å². The highest BCUT2D eigenvalue weighted by molar-refractivity contribution is 7.86. The fourth-order valence-corrected chi connectivity index (χ4v) is 1.64. The maximum absolute atomic E-state index is 12.6. The van der Waals surface area contributed by atoms with Crippen molar-refractivity contribution in [1.82, 2.24) is 0 Å². The van der Waals surface area contributed by atoms with E-state index in [0.29, 0.717) is 5.56 Å². The van der Waals surface area contributed by atoms with E-state index in [9.17, 15) is 16.7 Å². The number of rotatable bonds is 2. The van der Waals surface area contributed by atoms with E-state index in [2.05, 4.69) is 0 Å². The number of halogens is 2. The molecule has 2 aromatic rings. The van der Waals surface area contributed by atoms with Gasteiger partial charge in [-0.3, -0.25) is 0 Å². The molecule has 84 valence electrons. The number of furan rings is 1. The van der Waals surface area contributed by atoms with Crippen molar-refractivity contribution < 1.29 is 21.1 Å². The molecule has 0 aliphatic carbocycles. The Morgan fingerprint density at radius 3 is 2.12 bits per heavy atom. The average Bonchev–Trinajstić information content (AvgIpc) is 2.67. The maximum Gasteiger partial charge on any atom is 0.365 e. The summed E-state index contributed by atoms with van der Waals surface area (Å²) in [5.74, 6) is -0.259. The van der Waals surface area contributed by atoms with Gasteiger partial charge in [-0.1, -0.05) is 3.89 Å². The molecule has 2 rings (SSSR count). The topological polar surface area (TPSA) is 47.3 Å². The standard InChI is InChI=1S/C10H6F2O3S/c11-8-3-1-7(2-4-8)9-5-6-10(15-9)16(12,13)14/h1-6H. The van der Waals surface area contributed by atoms with Crippen LogP contribution in [0.1, 0.15) is 0 Å². The summed E-state index contributed by atoms with van der Waals surface area (Å²) >= 11 is 0. The van der Waals surface area contributed by atoms with Crippen molar-refractivity contribution in [1.29, 1.82) is 0 Å². The quantitative estimate of drug-likeness (QED) is 0.763. The zero-order valence-corrected chi connectivity index (χ0v) is 8.67. The number of hydrogen-bond acceptors (Lipinski definition) is 3. The predicted molar refractivity (Wildman–Crippen MR) is 52.4 cm³/mol. The minimum Gasteiger partial charge on any atom is -0.442 e. The molecule has 1 aromatic heterocycles. The molecule has 0 radical (unpaired) electrons. The third kappa shape index (κ3) is 2.11. The summed E-state index contributed by atoms with van der Waals surface area (Å²) in [6.07, 6.45) is 0. The Kier molecular flexibility index (Phi) is 2.51. The van der Waals surface area contributed by atoms with Crippen LogP contribution in [-0.4, -0.2) is 8.42 Å². The molecule has 0 N–H and O–H groups in total. The van der Waals surface area contributed by atoms with Gasteiger partial charge in [-0.2, -0.15) is 8.42 Å². The third-order valence-electron chi connectivity index (χ3n) is 1.95. The second-order valence-corrected chi connectivity index (χ2v) is 4.34. The fourth-order valence-electron chi connectivity index (χ4n) is 1.22. The number of hydrogen-bond donors (Lipinski definition) is 0. The summed E-state index contributed by atoms with van der Waals surface area (Å²) in [5.41, 5.74) is 0.469. The average molecular weight is 244 g/mol. The Bertz CT molecular complexity index is 599. The van der Waals surface area contributed by atoms with E-state index >= 15 is 0 Å². The lowest BCUT2D eigenvalue weighted by molar-refractivity contribution is 0.443. The van der Waals surface area contributed by atoms with Crippen LogP contribution in [-0.2, 0) is 10.2 Å². The first-order chi connectivity index (χ1) is 7.47. The van der Waals surface area contributed by atoms with E-state index in [0.717, 1.165) is 6.07 Å². The highest BCUT2D eigenvalue weighted by Gasteiger charge is 2.17. The molecule has 0 aliphatic heterocycles. The van der Waals surface area contributed by atoms with E-state index in [1.165, 1.54) is 30.3 Å². The SMILES string of the molecule is O=S(=O)(F)c1ccc(-c2ccc(F)cc2)o1. The van der Waals surface area contributed by atoms with Gasteiger partial charge in [0.2, 0.25) is 5.09 Å². The molecular formula is C10H6F2O3S. The van der Waals surface area contributed by atoms with Crippen LogP contribution in [0.4, 0.5) is 8.28 Å². The fraction of sp³-hybridized carbons (Fsp3) is 0. The van der Waals surface area contributed by atoms with E-state index in [4.69, 9.17) is 4.42 Å². The molecule has 1 aromatic carbocycles. The lowest BCUT2D eigenvalue weighted by atomic mass is 10.2.